The summed E-state index contributed by atoms with van der Waals surface area (Å²) >= 11 is 0. The zero-order valence-electron chi connectivity index (χ0n) is 28.0. The average molecular weight is 1060 g/mol. The molecular formula is C20F38LiNaO4. The molecule has 0 rings (SSSR count). The Morgan fingerprint density at radius 2 is 0.312 bits per heavy atom. The second-order valence-electron chi connectivity index (χ2n) is 10.8. The first-order valence-electron chi connectivity index (χ1n) is 12.5. The number of aliphatic carboxylic acids is 2. The van der Waals surface area contributed by atoms with Crippen LogP contribution < -0.4 is 58.6 Å². The molecule has 0 aromatic carbocycles. The minimum Gasteiger partial charge on any atom is -0.544 e. The fraction of sp³-hybridized carbons (Fsp3) is 0.900. The molecule has 0 unspecified atom stereocenters. The summed E-state index contributed by atoms with van der Waals surface area (Å²) in [6, 6.07) is 0. The second kappa shape index (κ2) is 17.4. The van der Waals surface area contributed by atoms with Crippen molar-refractivity contribution in [3.63, 3.8) is 0 Å². The number of alkyl halides is 38. The predicted molar refractivity (Wildman–Crippen MR) is 101 cm³/mol. The van der Waals surface area contributed by atoms with Crippen molar-refractivity contribution < 1.29 is 235 Å². The topological polar surface area (TPSA) is 80.3 Å². The molecular weight excluding hydrogens is 1060 g/mol. The Balaban J connectivity index is -0.000000545. The van der Waals surface area contributed by atoms with E-state index < -0.39 is 119 Å². The van der Waals surface area contributed by atoms with Crippen LogP contribution in [0.5, 0.6) is 0 Å². The monoisotopic (exact) mass is 1060 g/mol. The first-order valence-corrected chi connectivity index (χ1v) is 12.5. The van der Waals surface area contributed by atoms with Gasteiger partial charge < -0.3 is 19.8 Å². The Bertz CT molecular complexity index is 1540. The zero-order valence-corrected chi connectivity index (χ0v) is 30.0. The maximum Gasteiger partial charge on any atom is 1.00 e. The largest absolute Gasteiger partial charge is 1.00 e. The molecule has 0 aromatic rings. The standard InChI is InChI=1S/2C10HF19O2.Li.Na/c2*11-2(12,1(30)31)3(13,14)4(15,16)5(17,18)6(19,20)7(21,22)8(23,24)9(25,26)10(27,28)29;;/h2*(H,30,31);;/q;;2*+1/p-2. The number of carbonyl (C=O) groups excluding carboxylic acids is 2. The SMILES string of the molecule is O=C([O-])C(F)(F)C(F)(F)C(F)(F)C(F)(F)C(F)(F)C(F)(F)C(F)(F)C(F)(F)C(F)(F)F.O=C([O-])C(F)(F)C(F)(F)C(F)(F)C(F)(F)C(F)(F)C(F)(F)C(F)(F)C(F)(F)C(F)(F)F.[Li+].[Na+]. The van der Waals surface area contributed by atoms with Crippen molar-refractivity contribution in [1.82, 2.24) is 0 Å². The third kappa shape index (κ3) is 8.77. The molecule has 0 saturated carbocycles. The van der Waals surface area contributed by atoms with Gasteiger partial charge in [-0.3, -0.25) is 0 Å². The molecule has 0 radical (unpaired) electrons. The Labute approximate surface area is 354 Å². The van der Waals surface area contributed by atoms with Crippen molar-refractivity contribution in [3.8, 4) is 0 Å². The van der Waals surface area contributed by atoms with E-state index in [0.717, 1.165) is 0 Å². The van der Waals surface area contributed by atoms with Crippen LogP contribution in [0, 0.1) is 0 Å². The van der Waals surface area contributed by atoms with Crippen LogP contribution in [0.1, 0.15) is 0 Å². The van der Waals surface area contributed by atoms with Crippen molar-refractivity contribution in [1.29, 1.82) is 0 Å². The van der Waals surface area contributed by atoms with E-state index in [4.69, 9.17) is 0 Å². The summed E-state index contributed by atoms with van der Waals surface area (Å²) in [5.74, 6) is -148. The molecule has 0 saturated heterocycles. The summed E-state index contributed by atoms with van der Waals surface area (Å²) in [5, 5.41) is 19.4. The Hall–Kier alpha value is -2.12. The number of carbonyl (C=O) groups is 2. The van der Waals surface area contributed by atoms with E-state index in [1.807, 2.05) is 0 Å². The van der Waals surface area contributed by atoms with Crippen molar-refractivity contribution in [2.75, 3.05) is 0 Å². The molecule has 44 heteroatoms. The number of carboxylic acid groups (broad SMARTS) is 2. The molecule has 0 amide bonds. The van der Waals surface area contributed by atoms with Crippen LogP contribution >= 0.6 is 0 Å². The van der Waals surface area contributed by atoms with E-state index in [2.05, 4.69) is 0 Å². The van der Waals surface area contributed by atoms with Gasteiger partial charge in [0.05, 0.1) is 0 Å². The van der Waals surface area contributed by atoms with Crippen molar-refractivity contribution in [2.24, 2.45) is 0 Å². The van der Waals surface area contributed by atoms with E-state index in [-0.39, 0.29) is 48.4 Å². The quantitative estimate of drug-likeness (QED) is 0.176. The second-order valence-corrected chi connectivity index (χ2v) is 10.8. The molecule has 0 atom stereocenters. The first-order chi connectivity index (χ1) is 25.9. The smallest absolute Gasteiger partial charge is 0.544 e. The molecule has 0 N–H and O–H groups in total. The summed E-state index contributed by atoms with van der Waals surface area (Å²) in [7, 11) is 0. The van der Waals surface area contributed by atoms with Crippen LogP contribution in [0.3, 0.4) is 0 Å². The van der Waals surface area contributed by atoms with Gasteiger partial charge in [0.2, 0.25) is 0 Å². The van der Waals surface area contributed by atoms with E-state index in [1.54, 1.807) is 0 Å². The van der Waals surface area contributed by atoms with Gasteiger partial charge in [-0.05, 0) is 0 Å². The third-order valence-corrected chi connectivity index (χ3v) is 6.75. The number of halogens is 38. The first kappa shape index (κ1) is 68.5. The van der Waals surface area contributed by atoms with Gasteiger partial charge in [0.15, 0.2) is 0 Å². The molecule has 4 nitrogen and oxygen atoms in total. The van der Waals surface area contributed by atoms with Gasteiger partial charge in [-0.25, -0.2) is 0 Å². The summed E-state index contributed by atoms with van der Waals surface area (Å²) in [4.78, 5) is 19.4. The van der Waals surface area contributed by atoms with E-state index in [0.29, 0.717) is 0 Å². The molecule has 0 aliphatic heterocycles. The summed E-state index contributed by atoms with van der Waals surface area (Å²) in [6.45, 7) is 0. The Morgan fingerprint density at radius 1 is 0.219 bits per heavy atom. The number of hydrogen-bond donors (Lipinski definition) is 0. The van der Waals surface area contributed by atoms with Crippen LogP contribution in [-0.4, -0.2) is 119 Å². The zero-order chi connectivity index (χ0) is 52.2. The number of carboxylic acids is 2. The van der Waals surface area contributed by atoms with Crippen LogP contribution in [-0.2, 0) is 9.59 Å². The Morgan fingerprint density at radius 3 is 0.406 bits per heavy atom. The molecule has 64 heavy (non-hydrogen) atoms. The maximum absolute atomic E-state index is 13.1. The molecule has 0 bridgehead atoms. The average Bonchev–Trinajstić information content (AvgIpc) is 3.02. The summed E-state index contributed by atoms with van der Waals surface area (Å²) in [5.41, 5.74) is 0. The van der Waals surface area contributed by atoms with Gasteiger partial charge in [0.25, 0.3) is 0 Å². The number of rotatable bonds is 16. The van der Waals surface area contributed by atoms with Gasteiger partial charge in [-0.1, -0.05) is 0 Å². The molecule has 372 valence electrons. The minimum atomic E-state index is -9.08. The molecule has 0 spiro atoms. The fourth-order valence-electron chi connectivity index (χ4n) is 2.98. The van der Waals surface area contributed by atoms with E-state index >= 15 is 0 Å². The molecule has 0 fully saturated rings. The van der Waals surface area contributed by atoms with Gasteiger partial charge in [0, 0.05) is 0 Å². The molecule has 0 aromatic heterocycles. The molecule has 0 aliphatic carbocycles. The van der Waals surface area contributed by atoms with E-state index in [1.165, 1.54) is 0 Å². The van der Waals surface area contributed by atoms with Crippen LogP contribution in [0.2, 0.25) is 0 Å². The van der Waals surface area contributed by atoms with E-state index in [9.17, 15) is 187 Å². The fourth-order valence-corrected chi connectivity index (χ4v) is 2.98. The van der Waals surface area contributed by atoms with Crippen LogP contribution in [0.4, 0.5) is 167 Å². The summed E-state index contributed by atoms with van der Waals surface area (Å²) < 4.78 is 483. The molecule has 0 heterocycles. The van der Waals surface area contributed by atoms with Crippen molar-refractivity contribution in [3.05, 3.63) is 0 Å². The van der Waals surface area contributed by atoms with Crippen molar-refractivity contribution in [2.45, 2.75) is 107 Å². The Kier molecular flexibility index (Phi) is 18.7. The summed E-state index contributed by atoms with van der Waals surface area (Å²) in [6.07, 6.45) is -15.9. The number of hydrogen-bond acceptors (Lipinski definition) is 4. The van der Waals surface area contributed by atoms with Crippen molar-refractivity contribution >= 4 is 11.9 Å². The van der Waals surface area contributed by atoms with Gasteiger partial charge in [-0.2, -0.15) is 167 Å². The third-order valence-electron chi connectivity index (χ3n) is 6.75. The van der Waals surface area contributed by atoms with Crippen LogP contribution in [0.25, 0.3) is 0 Å². The normalized spacial score (nSPS) is 16.0. The minimum absolute atomic E-state index is 0. The predicted octanol–water partition coefficient (Wildman–Crippen LogP) is 2.77. The molecule has 0 aliphatic rings. The van der Waals surface area contributed by atoms with Crippen LogP contribution in [0.15, 0.2) is 0 Å². The maximum atomic E-state index is 13.1. The van der Waals surface area contributed by atoms with Gasteiger partial charge in [-0.15, -0.1) is 0 Å². The van der Waals surface area contributed by atoms with Gasteiger partial charge >= 0.3 is 156 Å². The van der Waals surface area contributed by atoms with Gasteiger partial charge in [0.1, 0.15) is 11.9 Å².